The van der Waals surface area contributed by atoms with Crippen molar-refractivity contribution in [1.82, 2.24) is 0 Å². The first-order valence-electron chi connectivity index (χ1n) is 4.14. The molecule has 1 nitrogen and oxygen atoms in total. The molecule has 0 aliphatic heterocycles. The molecule has 2 fully saturated rings. The van der Waals surface area contributed by atoms with Crippen molar-refractivity contribution < 1.29 is 4.79 Å². The molecule has 0 aromatic carbocycles. The van der Waals surface area contributed by atoms with Crippen LogP contribution in [-0.2, 0) is 4.79 Å². The third-order valence-electron chi connectivity index (χ3n) is 3.47. The number of hydrogen-bond donors (Lipinski definition) is 0. The van der Waals surface area contributed by atoms with E-state index in [4.69, 9.17) is 0 Å². The van der Waals surface area contributed by atoms with E-state index >= 15 is 0 Å². The van der Waals surface area contributed by atoms with Gasteiger partial charge in [0.15, 0.2) is 0 Å². The van der Waals surface area contributed by atoms with Crippen LogP contribution in [0.15, 0.2) is 0 Å². The summed E-state index contributed by atoms with van der Waals surface area (Å²) in [6.07, 6.45) is 2.89. The second-order valence-electron chi connectivity index (χ2n) is 4.32. The number of fused-ring (bicyclic) bond motifs is 1. The predicted octanol–water partition coefficient (Wildman–Crippen LogP) is 2.01. The molecular formula is C9H14O. The van der Waals surface area contributed by atoms with E-state index in [1.807, 2.05) is 0 Å². The fourth-order valence-electron chi connectivity index (χ4n) is 2.50. The maximum absolute atomic E-state index is 11.0. The van der Waals surface area contributed by atoms with E-state index in [1.54, 1.807) is 0 Å². The molecule has 0 bridgehead atoms. The first-order chi connectivity index (χ1) is 4.62. The average Bonchev–Trinajstić information content (AvgIpc) is 2.36. The number of ketones is 1. The molecule has 2 aliphatic carbocycles. The van der Waals surface area contributed by atoms with Gasteiger partial charge in [0.1, 0.15) is 5.78 Å². The highest BCUT2D eigenvalue weighted by Crippen LogP contribution is 2.64. The van der Waals surface area contributed by atoms with Crippen LogP contribution in [0.1, 0.15) is 33.1 Å². The number of hydrogen-bond acceptors (Lipinski definition) is 1. The number of rotatable bonds is 0. The monoisotopic (exact) mass is 138 g/mol. The molecule has 0 amide bonds. The molecule has 0 heterocycles. The fourth-order valence-corrected chi connectivity index (χ4v) is 2.50. The molecule has 0 unspecified atom stereocenters. The second kappa shape index (κ2) is 1.63. The fraction of sp³-hybridized carbons (Fsp3) is 0.889. The maximum atomic E-state index is 11.0. The summed E-state index contributed by atoms with van der Waals surface area (Å²) in [5.41, 5.74) is 0.506. The van der Waals surface area contributed by atoms with E-state index in [2.05, 4.69) is 13.8 Å². The van der Waals surface area contributed by atoms with E-state index < -0.39 is 0 Å². The van der Waals surface area contributed by atoms with Crippen molar-refractivity contribution in [1.29, 1.82) is 0 Å². The lowest BCUT2D eigenvalue weighted by atomic mass is 10.00. The summed E-state index contributed by atoms with van der Waals surface area (Å²) >= 11 is 0. The Kier molecular flexibility index (Phi) is 1.04. The topological polar surface area (TPSA) is 17.1 Å². The van der Waals surface area contributed by atoms with Crippen LogP contribution in [0.4, 0.5) is 0 Å². The average molecular weight is 138 g/mol. The summed E-state index contributed by atoms with van der Waals surface area (Å²) in [7, 11) is 0. The van der Waals surface area contributed by atoms with Gasteiger partial charge in [-0.25, -0.2) is 0 Å². The Balaban J connectivity index is 2.10. The lowest BCUT2D eigenvalue weighted by Crippen LogP contribution is -2.05. The minimum absolute atomic E-state index is 0.492. The third kappa shape index (κ3) is 0.664. The van der Waals surface area contributed by atoms with Crippen molar-refractivity contribution in [2.45, 2.75) is 33.1 Å². The molecular weight excluding hydrogens is 124 g/mol. The minimum Gasteiger partial charge on any atom is -0.300 e. The minimum atomic E-state index is 0.492. The molecule has 10 heavy (non-hydrogen) atoms. The summed E-state index contributed by atoms with van der Waals surface area (Å²) in [6.45, 7) is 4.59. The largest absolute Gasteiger partial charge is 0.300 e. The predicted molar refractivity (Wildman–Crippen MR) is 39.6 cm³/mol. The number of carbonyl (C=O) groups excluding carboxylic acids is 1. The van der Waals surface area contributed by atoms with E-state index in [0.717, 1.165) is 31.1 Å². The summed E-state index contributed by atoms with van der Waals surface area (Å²) in [6, 6.07) is 0. The summed E-state index contributed by atoms with van der Waals surface area (Å²) < 4.78 is 0. The molecule has 0 N–H and O–H groups in total. The zero-order chi connectivity index (χ0) is 7.35. The Morgan fingerprint density at radius 1 is 1.40 bits per heavy atom. The van der Waals surface area contributed by atoms with Crippen molar-refractivity contribution in [2.75, 3.05) is 0 Å². The van der Waals surface area contributed by atoms with Crippen molar-refractivity contribution >= 4 is 5.78 Å². The highest BCUT2D eigenvalue weighted by atomic mass is 16.1. The van der Waals surface area contributed by atoms with E-state index in [1.165, 1.54) is 0 Å². The molecule has 0 aromatic heterocycles. The molecule has 2 rings (SSSR count). The smallest absolute Gasteiger partial charge is 0.133 e. The SMILES string of the molecule is CC1(C)[C@@H]2CCC(=O)C[C@@H]21. The van der Waals surface area contributed by atoms with E-state index in [9.17, 15) is 4.79 Å². The van der Waals surface area contributed by atoms with Gasteiger partial charge in [0.2, 0.25) is 0 Å². The van der Waals surface area contributed by atoms with Gasteiger partial charge in [0, 0.05) is 12.8 Å². The molecule has 0 saturated heterocycles. The standard InChI is InChI=1S/C9H14O/c1-9(2)7-4-3-6(10)5-8(7)9/h7-8H,3-5H2,1-2H3/t7-,8+/m1/s1. The van der Waals surface area contributed by atoms with Crippen LogP contribution in [0.5, 0.6) is 0 Å². The molecule has 56 valence electrons. The van der Waals surface area contributed by atoms with Gasteiger partial charge in [-0.3, -0.25) is 4.79 Å². The van der Waals surface area contributed by atoms with Crippen LogP contribution in [0.2, 0.25) is 0 Å². The Morgan fingerprint density at radius 2 is 2.10 bits per heavy atom. The lowest BCUT2D eigenvalue weighted by Gasteiger charge is -2.04. The molecule has 0 aromatic rings. The van der Waals surface area contributed by atoms with Crippen molar-refractivity contribution in [3.63, 3.8) is 0 Å². The summed E-state index contributed by atoms with van der Waals surface area (Å²) in [4.78, 5) is 11.0. The third-order valence-corrected chi connectivity index (χ3v) is 3.47. The second-order valence-corrected chi connectivity index (χ2v) is 4.32. The highest BCUT2D eigenvalue weighted by Gasteiger charge is 2.58. The maximum Gasteiger partial charge on any atom is 0.133 e. The Labute approximate surface area is 61.8 Å². The first-order valence-corrected chi connectivity index (χ1v) is 4.14. The van der Waals surface area contributed by atoms with E-state index in [0.29, 0.717) is 11.2 Å². The van der Waals surface area contributed by atoms with Crippen molar-refractivity contribution in [3.05, 3.63) is 0 Å². The molecule has 2 saturated carbocycles. The Morgan fingerprint density at radius 3 is 2.60 bits per heavy atom. The quantitative estimate of drug-likeness (QED) is 0.500. The van der Waals surface area contributed by atoms with E-state index in [-0.39, 0.29) is 0 Å². The Bertz CT molecular complexity index is 181. The van der Waals surface area contributed by atoms with Gasteiger partial charge in [-0.05, 0) is 23.7 Å². The van der Waals surface area contributed by atoms with Crippen LogP contribution < -0.4 is 0 Å². The van der Waals surface area contributed by atoms with Gasteiger partial charge < -0.3 is 0 Å². The molecule has 2 aliphatic rings. The summed E-state index contributed by atoms with van der Waals surface area (Å²) in [5.74, 6) is 2.12. The van der Waals surface area contributed by atoms with Gasteiger partial charge in [-0.1, -0.05) is 13.8 Å². The summed E-state index contributed by atoms with van der Waals surface area (Å²) in [5, 5.41) is 0. The molecule has 0 radical (unpaired) electrons. The molecule has 2 atom stereocenters. The van der Waals surface area contributed by atoms with Crippen LogP contribution in [0.3, 0.4) is 0 Å². The highest BCUT2D eigenvalue weighted by molar-refractivity contribution is 5.80. The van der Waals surface area contributed by atoms with Crippen LogP contribution in [0.25, 0.3) is 0 Å². The van der Waals surface area contributed by atoms with Crippen molar-refractivity contribution in [2.24, 2.45) is 17.3 Å². The van der Waals surface area contributed by atoms with Crippen LogP contribution in [0, 0.1) is 17.3 Å². The van der Waals surface area contributed by atoms with Gasteiger partial charge >= 0.3 is 0 Å². The van der Waals surface area contributed by atoms with Crippen LogP contribution >= 0.6 is 0 Å². The van der Waals surface area contributed by atoms with Crippen LogP contribution in [-0.4, -0.2) is 5.78 Å². The zero-order valence-electron chi connectivity index (χ0n) is 6.68. The zero-order valence-corrected chi connectivity index (χ0v) is 6.68. The lowest BCUT2D eigenvalue weighted by molar-refractivity contribution is -0.120. The normalized spacial score (nSPS) is 42.8. The molecule has 1 heteroatoms. The molecule has 0 spiro atoms. The first kappa shape index (κ1) is 6.38. The van der Waals surface area contributed by atoms with Gasteiger partial charge in [0.05, 0.1) is 0 Å². The number of carbonyl (C=O) groups is 1. The number of Topliss-reactive ketones (excluding diaryl/α,β-unsaturated/α-hetero) is 1. The van der Waals surface area contributed by atoms with Crippen molar-refractivity contribution in [3.8, 4) is 0 Å². The van der Waals surface area contributed by atoms with Gasteiger partial charge in [-0.2, -0.15) is 0 Å². The van der Waals surface area contributed by atoms with Gasteiger partial charge in [0.25, 0.3) is 0 Å². The van der Waals surface area contributed by atoms with Gasteiger partial charge in [-0.15, -0.1) is 0 Å². The Hall–Kier alpha value is -0.330.